The van der Waals surface area contributed by atoms with Gasteiger partial charge in [0.05, 0.1) is 25.3 Å². The van der Waals surface area contributed by atoms with E-state index in [1.54, 1.807) is 12.1 Å². The highest BCUT2D eigenvalue weighted by Gasteiger charge is 2.22. The Morgan fingerprint density at radius 3 is 2.60 bits per heavy atom. The standard InChI is InChI=1S/C16H14N2O6S/c1-22-13-5-3-4-6-14(13)25(20,21)24-10-7-8-11-12(9-10)18-15(17-11)16(19)23-2/h3-9H,1-2H3,(H,17,18). The fraction of sp³-hybridized carbons (Fsp3) is 0.125. The number of benzene rings is 2. The number of esters is 1. The molecule has 0 spiro atoms. The van der Waals surface area contributed by atoms with Crippen molar-refractivity contribution in [1.82, 2.24) is 9.97 Å². The molecule has 8 nitrogen and oxygen atoms in total. The van der Waals surface area contributed by atoms with Gasteiger partial charge in [-0.1, -0.05) is 12.1 Å². The van der Waals surface area contributed by atoms with Crippen LogP contribution in [0.5, 0.6) is 11.5 Å². The van der Waals surface area contributed by atoms with Gasteiger partial charge in [0, 0.05) is 6.07 Å². The van der Waals surface area contributed by atoms with E-state index < -0.39 is 16.1 Å². The molecule has 0 saturated heterocycles. The minimum absolute atomic E-state index is 0.0160. The number of ether oxygens (including phenoxy) is 2. The van der Waals surface area contributed by atoms with E-state index in [1.165, 1.54) is 44.6 Å². The Morgan fingerprint density at radius 2 is 1.88 bits per heavy atom. The van der Waals surface area contributed by atoms with E-state index in [-0.39, 0.29) is 22.2 Å². The summed E-state index contributed by atoms with van der Waals surface area (Å²) in [7, 11) is -1.48. The molecule has 130 valence electrons. The van der Waals surface area contributed by atoms with Gasteiger partial charge in [0.15, 0.2) is 0 Å². The number of carbonyl (C=O) groups is 1. The van der Waals surface area contributed by atoms with Crippen LogP contribution in [0.4, 0.5) is 0 Å². The highest BCUT2D eigenvalue weighted by molar-refractivity contribution is 7.87. The molecule has 9 heteroatoms. The molecule has 25 heavy (non-hydrogen) atoms. The van der Waals surface area contributed by atoms with Gasteiger partial charge in [0.2, 0.25) is 5.82 Å². The smallest absolute Gasteiger partial charge is 0.374 e. The van der Waals surface area contributed by atoms with Gasteiger partial charge in [-0.3, -0.25) is 0 Å². The Morgan fingerprint density at radius 1 is 1.12 bits per heavy atom. The van der Waals surface area contributed by atoms with Gasteiger partial charge in [-0.05, 0) is 24.3 Å². The second-order valence-electron chi connectivity index (χ2n) is 4.94. The number of methoxy groups -OCH3 is 2. The quantitative estimate of drug-likeness (QED) is 0.547. The normalized spacial score (nSPS) is 11.3. The number of rotatable bonds is 5. The molecule has 0 saturated carbocycles. The number of imidazole rings is 1. The summed E-state index contributed by atoms with van der Waals surface area (Å²) in [5.41, 5.74) is 0.913. The zero-order chi connectivity index (χ0) is 18.0. The molecule has 0 aliphatic carbocycles. The lowest BCUT2D eigenvalue weighted by Gasteiger charge is -2.10. The molecule has 0 radical (unpaired) electrons. The number of hydrogen-bond donors (Lipinski definition) is 1. The molecule has 3 aromatic rings. The maximum atomic E-state index is 12.5. The number of carbonyl (C=O) groups excluding carboxylic acids is 1. The predicted octanol–water partition coefficient (Wildman–Crippen LogP) is 2.13. The third-order valence-corrected chi connectivity index (χ3v) is 4.66. The van der Waals surface area contributed by atoms with Gasteiger partial charge in [-0.25, -0.2) is 9.78 Å². The Labute approximate surface area is 143 Å². The molecule has 0 aliphatic heterocycles. The lowest BCUT2D eigenvalue weighted by atomic mass is 10.3. The molecule has 1 N–H and O–H groups in total. The summed E-state index contributed by atoms with van der Waals surface area (Å²) >= 11 is 0. The van der Waals surface area contributed by atoms with Crippen LogP contribution in [0.1, 0.15) is 10.6 Å². The van der Waals surface area contributed by atoms with E-state index in [4.69, 9.17) is 8.92 Å². The molecule has 0 fully saturated rings. The van der Waals surface area contributed by atoms with Crippen molar-refractivity contribution in [3.05, 3.63) is 48.3 Å². The topological polar surface area (TPSA) is 108 Å². The van der Waals surface area contributed by atoms with Crippen molar-refractivity contribution >= 4 is 27.1 Å². The predicted molar refractivity (Wildman–Crippen MR) is 88.2 cm³/mol. The van der Waals surface area contributed by atoms with Crippen molar-refractivity contribution in [1.29, 1.82) is 0 Å². The molecule has 0 unspecified atom stereocenters. The molecule has 3 rings (SSSR count). The fourth-order valence-corrected chi connectivity index (χ4v) is 3.32. The van der Waals surface area contributed by atoms with Crippen LogP contribution in [-0.2, 0) is 14.9 Å². The summed E-state index contributed by atoms with van der Waals surface area (Å²) in [6.45, 7) is 0. The lowest BCUT2D eigenvalue weighted by molar-refractivity contribution is 0.0588. The molecular weight excluding hydrogens is 348 g/mol. The van der Waals surface area contributed by atoms with E-state index in [2.05, 4.69) is 14.7 Å². The highest BCUT2D eigenvalue weighted by atomic mass is 32.2. The van der Waals surface area contributed by atoms with Crippen LogP contribution in [0, 0.1) is 0 Å². The van der Waals surface area contributed by atoms with Gasteiger partial charge >= 0.3 is 16.1 Å². The number of aromatic nitrogens is 2. The number of hydrogen-bond acceptors (Lipinski definition) is 7. The molecule has 1 aromatic heterocycles. The minimum Gasteiger partial charge on any atom is -0.495 e. The molecule has 0 atom stereocenters. The maximum absolute atomic E-state index is 12.5. The van der Waals surface area contributed by atoms with Crippen molar-refractivity contribution in [2.45, 2.75) is 4.90 Å². The van der Waals surface area contributed by atoms with E-state index >= 15 is 0 Å². The lowest BCUT2D eigenvalue weighted by Crippen LogP contribution is -2.11. The van der Waals surface area contributed by atoms with Gasteiger partial charge in [0.25, 0.3) is 0 Å². The third kappa shape index (κ3) is 3.26. The first-order chi connectivity index (χ1) is 11.9. The van der Waals surface area contributed by atoms with Gasteiger partial charge < -0.3 is 18.6 Å². The molecule has 0 aliphatic rings. The van der Waals surface area contributed by atoms with E-state index in [9.17, 15) is 13.2 Å². The van der Waals surface area contributed by atoms with Crippen LogP contribution < -0.4 is 8.92 Å². The van der Waals surface area contributed by atoms with Crippen molar-refractivity contribution in [2.24, 2.45) is 0 Å². The average Bonchev–Trinajstić information content (AvgIpc) is 3.04. The number of para-hydroxylation sites is 1. The summed E-state index contributed by atoms with van der Waals surface area (Å²) in [5.74, 6) is -0.362. The van der Waals surface area contributed by atoms with E-state index in [0.717, 1.165) is 0 Å². The second-order valence-corrected chi connectivity index (χ2v) is 6.46. The van der Waals surface area contributed by atoms with Crippen molar-refractivity contribution in [3.8, 4) is 11.5 Å². The first-order valence-electron chi connectivity index (χ1n) is 7.10. The number of aromatic amines is 1. The SMILES string of the molecule is COC(=O)c1nc2ccc(OS(=O)(=O)c3ccccc3OC)cc2[nH]1. The average molecular weight is 362 g/mol. The zero-order valence-electron chi connectivity index (χ0n) is 13.3. The molecule has 0 bridgehead atoms. The minimum atomic E-state index is -4.09. The van der Waals surface area contributed by atoms with Crippen LogP contribution >= 0.6 is 0 Å². The van der Waals surface area contributed by atoms with E-state index in [0.29, 0.717) is 11.0 Å². The summed E-state index contributed by atoms with van der Waals surface area (Å²) in [5, 5.41) is 0. The maximum Gasteiger partial charge on any atom is 0.374 e. The zero-order valence-corrected chi connectivity index (χ0v) is 14.2. The Kier molecular flexibility index (Phi) is 4.32. The van der Waals surface area contributed by atoms with Gasteiger partial charge in [0.1, 0.15) is 16.4 Å². The third-order valence-electron chi connectivity index (χ3n) is 3.38. The molecule has 0 amide bonds. The van der Waals surface area contributed by atoms with Crippen LogP contribution in [0.2, 0.25) is 0 Å². The van der Waals surface area contributed by atoms with Crippen molar-refractivity contribution in [3.63, 3.8) is 0 Å². The second kappa shape index (κ2) is 6.44. The summed E-state index contributed by atoms with van der Waals surface area (Å²) < 4.78 is 39.8. The summed E-state index contributed by atoms with van der Waals surface area (Å²) in [4.78, 5) is 18.2. The largest absolute Gasteiger partial charge is 0.495 e. The monoisotopic (exact) mass is 362 g/mol. The number of fused-ring (bicyclic) bond motifs is 1. The van der Waals surface area contributed by atoms with E-state index in [1.807, 2.05) is 0 Å². The summed E-state index contributed by atoms with van der Waals surface area (Å²) in [6.07, 6.45) is 0. The first-order valence-corrected chi connectivity index (χ1v) is 8.51. The Bertz CT molecular complexity index is 1040. The van der Waals surface area contributed by atoms with Gasteiger partial charge in [-0.2, -0.15) is 8.42 Å². The number of H-pyrrole nitrogens is 1. The number of nitrogens with zero attached hydrogens (tertiary/aromatic N) is 1. The fourth-order valence-electron chi connectivity index (χ4n) is 2.23. The van der Waals surface area contributed by atoms with Crippen LogP contribution in [0.15, 0.2) is 47.4 Å². The number of nitrogens with one attached hydrogen (secondary N) is 1. The van der Waals surface area contributed by atoms with Crippen molar-refractivity contribution < 1.29 is 26.9 Å². The van der Waals surface area contributed by atoms with Crippen molar-refractivity contribution in [2.75, 3.05) is 14.2 Å². The van der Waals surface area contributed by atoms with Crippen LogP contribution in [-0.4, -0.2) is 38.6 Å². The molecular formula is C16H14N2O6S. The summed E-state index contributed by atoms with van der Waals surface area (Å²) in [6, 6.07) is 10.5. The highest BCUT2D eigenvalue weighted by Crippen LogP contribution is 2.27. The Balaban J connectivity index is 1.95. The molecule has 1 heterocycles. The molecule has 2 aromatic carbocycles. The Hall–Kier alpha value is -3.07. The van der Waals surface area contributed by atoms with Crippen LogP contribution in [0.25, 0.3) is 11.0 Å². The van der Waals surface area contributed by atoms with Crippen LogP contribution in [0.3, 0.4) is 0 Å². The first kappa shape index (κ1) is 16.8. The van der Waals surface area contributed by atoms with Gasteiger partial charge in [-0.15, -0.1) is 0 Å².